The third-order valence-electron chi connectivity index (χ3n) is 4.33. The number of pyridine rings is 1. The van der Waals surface area contributed by atoms with Gasteiger partial charge in [0.2, 0.25) is 5.91 Å². The molecule has 1 amide bonds. The van der Waals surface area contributed by atoms with Gasteiger partial charge in [-0.15, -0.1) is 11.3 Å². The number of rotatable bonds is 4. The van der Waals surface area contributed by atoms with Crippen molar-refractivity contribution in [2.75, 3.05) is 23.8 Å². The Balaban J connectivity index is 1.89. The first-order chi connectivity index (χ1) is 14.4. The molecule has 3 aromatic rings. The molecular formula is C19H12F6N4OS. The monoisotopic (exact) mass is 458 g/mol. The number of fused-ring (bicyclic) bond motifs is 1. The first kappa shape index (κ1) is 22.4. The number of carbonyl (C=O) groups is 1. The number of aromatic nitrogens is 1. The summed E-state index contributed by atoms with van der Waals surface area (Å²) in [6, 6.07) is 7.98. The standard InChI is InChI=1S/C19H12F6N4OS/c1-29(11-2-3-14-10(6-11)4-5-31-14)16(30)9-27-17-12(8-26)13(18(20,21)22)7-15(28-17)19(23,24)25/h2-7H,9H2,1H3,(H,27,28). The number of anilines is 2. The van der Waals surface area contributed by atoms with Crippen LogP contribution in [0.3, 0.4) is 0 Å². The molecule has 3 rings (SSSR count). The van der Waals surface area contributed by atoms with Gasteiger partial charge in [0.15, 0.2) is 0 Å². The molecule has 0 fully saturated rings. The van der Waals surface area contributed by atoms with E-state index >= 15 is 0 Å². The third kappa shape index (κ3) is 4.72. The molecule has 5 nitrogen and oxygen atoms in total. The molecule has 2 heterocycles. The minimum absolute atomic E-state index is 0.228. The zero-order chi connectivity index (χ0) is 23.0. The van der Waals surface area contributed by atoms with Crippen LogP contribution in [0.4, 0.5) is 37.8 Å². The number of carbonyl (C=O) groups excluding carboxylic acids is 1. The summed E-state index contributed by atoms with van der Waals surface area (Å²) >= 11 is 1.50. The number of hydrogen-bond acceptors (Lipinski definition) is 5. The van der Waals surface area contributed by atoms with E-state index in [4.69, 9.17) is 5.26 Å². The Labute approximate surface area is 175 Å². The van der Waals surface area contributed by atoms with E-state index in [0.717, 1.165) is 10.1 Å². The fraction of sp³-hybridized carbons (Fsp3) is 0.211. The highest BCUT2D eigenvalue weighted by Crippen LogP contribution is 2.38. The van der Waals surface area contributed by atoms with Crippen molar-refractivity contribution in [1.29, 1.82) is 5.26 Å². The molecule has 162 valence electrons. The number of benzene rings is 1. The van der Waals surface area contributed by atoms with Crippen LogP contribution in [0.1, 0.15) is 16.8 Å². The van der Waals surface area contributed by atoms with Crippen molar-refractivity contribution in [3.8, 4) is 6.07 Å². The van der Waals surface area contributed by atoms with Crippen molar-refractivity contribution in [2.45, 2.75) is 12.4 Å². The summed E-state index contributed by atoms with van der Waals surface area (Å²) in [4.78, 5) is 16.8. The van der Waals surface area contributed by atoms with Gasteiger partial charge in [-0.1, -0.05) is 0 Å². The van der Waals surface area contributed by atoms with Crippen molar-refractivity contribution in [3.05, 3.63) is 52.5 Å². The Bertz CT molecular complexity index is 1180. The largest absolute Gasteiger partial charge is 0.433 e. The number of amides is 1. The Hall–Kier alpha value is -3.33. The number of thiophene rings is 1. The SMILES string of the molecule is CN(C(=O)CNc1nc(C(F)(F)F)cc(C(F)(F)F)c1C#N)c1ccc2sccc2c1. The molecule has 12 heteroatoms. The Morgan fingerprint density at radius 1 is 1.16 bits per heavy atom. The van der Waals surface area contributed by atoms with Crippen molar-refractivity contribution in [2.24, 2.45) is 0 Å². The van der Waals surface area contributed by atoms with Crippen LogP contribution < -0.4 is 10.2 Å². The minimum Gasteiger partial charge on any atom is -0.360 e. The minimum atomic E-state index is -5.22. The molecule has 1 aromatic carbocycles. The fourth-order valence-electron chi connectivity index (χ4n) is 2.74. The van der Waals surface area contributed by atoms with Gasteiger partial charge in [-0.25, -0.2) is 4.98 Å². The molecule has 0 spiro atoms. The second kappa shape index (κ2) is 8.07. The Morgan fingerprint density at radius 3 is 2.48 bits per heavy atom. The van der Waals surface area contributed by atoms with Crippen LogP contribution in [-0.2, 0) is 17.1 Å². The fourth-order valence-corrected chi connectivity index (χ4v) is 3.51. The first-order valence-corrected chi connectivity index (χ1v) is 9.37. The maximum absolute atomic E-state index is 13.2. The van der Waals surface area contributed by atoms with E-state index in [-0.39, 0.29) is 6.07 Å². The molecular weight excluding hydrogens is 446 g/mol. The second-order valence-corrected chi connectivity index (χ2v) is 7.28. The summed E-state index contributed by atoms with van der Waals surface area (Å²) in [5, 5.41) is 14.0. The molecule has 31 heavy (non-hydrogen) atoms. The number of nitrogens with zero attached hydrogens (tertiary/aromatic N) is 3. The summed E-state index contributed by atoms with van der Waals surface area (Å²) in [5.41, 5.74) is -4.27. The molecule has 0 saturated carbocycles. The van der Waals surface area contributed by atoms with Gasteiger partial charge in [-0.3, -0.25) is 4.79 Å². The van der Waals surface area contributed by atoms with E-state index in [9.17, 15) is 31.1 Å². The van der Waals surface area contributed by atoms with Gasteiger partial charge in [0.05, 0.1) is 12.1 Å². The van der Waals surface area contributed by atoms with Crippen molar-refractivity contribution >= 4 is 38.8 Å². The molecule has 0 aliphatic heterocycles. The van der Waals surface area contributed by atoms with Crippen LogP contribution in [0.15, 0.2) is 35.7 Å². The lowest BCUT2D eigenvalue weighted by molar-refractivity contribution is -0.145. The van der Waals surface area contributed by atoms with Gasteiger partial charge in [0.1, 0.15) is 23.1 Å². The van der Waals surface area contributed by atoms with E-state index in [1.165, 1.54) is 29.4 Å². The molecule has 0 unspecified atom stereocenters. The van der Waals surface area contributed by atoms with Gasteiger partial charge < -0.3 is 10.2 Å². The topological polar surface area (TPSA) is 69.0 Å². The van der Waals surface area contributed by atoms with Crippen LogP contribution in [0.25, 0.3) is 10.1 Å². The van der Waals surface area contributed by atoms with Gasteiger partial charge in [0.25, 0.3) is 0 Å². The molecule has 0 aliphatic carbocycles. The average Bonchev–Trinajstić information content (AvgIpc) is 3.17. The van der Waals surface area contributed by atoms with Crippen LogP contribution in [0.2, 0.25) is 0 Å². The molecule has 0 bridgehead atoms. The van der Waals surface area contributed by atoms with Crippen LogP contribution >= 0.6 is 11.3 Å². The molecule has 2 aromatic heterocycles. The molecule has 1 N–H and O–H groups in total. The normalized spacial score (nSPS) is 11.9. The Kier molecular flexibility index (Phi) is 5.82. The van der Waals surface area contributed by atoms with Crippen LogP contribution in [0, 0.1) is 11.3 Å². The number of halogens is 6. The van der Waals surface area contributed by atoms with Gasteiger partial charge in [-0.2, -0.15) is 31.6 Å². The molecule has 0 aliphatic rings. The first-order valence-electron chi connectivity index (χ1n) is 8.49. The lowest BCUT2D eigenvalue weighted by Crippen LogP contribution is -2.32. The smallest absolute Gasteiger partial charge is 0.360 e. The predicted molar refractivity (Wildman–Crippen MR) is 103 cm³/mol. The number of nitriles is 1. The summed E-state index contributed by atoms with van der Waals surface area (Å²) in [5.74, 6) is -1.63. The average molecular weight is 458 g/mol. The van der Waals surface area contributed by atoms with Gasteiger partial charge >= 0.3 is 12.4 Å². The maximum atomic E-state index is 13.2. The Morgan fingerprint density at radius 2 is 1.87 bits per heavy atom. The number of hydrogen-bond donors (Lipinski definition) is 1. The van der Waals surface area contributed by atoms with E-state index in [2.05, 4.69) is 10.3 Å². The van der Waals surface area contributed by atoms with Crippen molar-refractivity contribution in [1.82, 2.24) is 4.98 Å². The third-order valence-corrected chi connectivity index (χ3v) is 5.23. The maximum Gasteiger partial charge on any atom is 0.433 e. The summed E-state index contributed by atoms with van der Waals surface area (Å²) < 4.78 is 79.6. The lowest BCUT2D eigenvalue weighted by Gasteiger charge is -2.19. The summed E-state index contributed by atoms with van der Waals surface area (Å²) in [7, 11) is 1.41. The number of likely N-dealkylation sites (N-methyl/N-ethyl adjacent to an activating group) is 1. The van der Waals surface area contributed by atoms with Crippen LogP contribution in [0.5, 0.6) is 0 Å². The lowest BCUT2D eigenvalue weighted by atomic mass is 10.1. The predicted octanol–water partition coefficient (Wildman–Crippen LogP) is 5.28. The van der Waals surface area contributed by atoms with Gasteiger partial charge in [0, 0.05) is 17.4 Å². The van der Waals surface area contributed by atoms with Gasteiger partial charge in [-0.05, 0) is 41.1 Å². The van der Waals surface area contributed by atoms with Crippen molar-refractivity contribution in [3.63, 3.8) is 0 Å². The zero-order valence-electron chi connectivity index (χ0n) is 15.6. The summed E-state index contributed by atoms with van der Waals surface area (Å²) in [6.07, 6.45) is -10.4. The number of alkyl halides is 6. The highest BCUT2D eigenvalue weighted by atomic mass is 32.1. The second-order valence-electron chi connectivity index (χ2n) is 6.34. The van der Waals surface area contributed by atoms with E-state index in [0.29, 0.717) is 5.69 Å². The van der Waals surface area contributed by atoms with E-state index in [1.807, 2.05) is 11.4 Å². The zero-order valence-corrected chi connectivity index (χ0v) is 16.4. The highest BCUT2D eigenvalue weighted by molar-refractivity contribution is 7.17. The quantitative estimate of drug-likeness (QED) is 0.540. The van der Waals surface area contributed by atoms with Crippen LogP contribution in [-0.4, -0.2) is 24.5 Å². The number of nitrogens with one attached hydrogen (secondary N) is 1. The molecule has 0 radical (unpaired) electrons. The highest BCUT2D eigenvalue weighted by Gasteiger charge is 2.41. The van der Waals surface area contributed by atoms with Crippen molar-refractivity contribution < 1.29 is 31.1 Å². The molecule has 0 atom stereocenters. The molecule has 0 saturated heterocycles. The van der Waals surface area contributed by atoms with E-state index < -0.39 is 47.4 Å². The van der Waals surface area contributed by atoms with E-state index in [1.54, 1.807) is 18.2 Å². The summed E-state index contributed by atoms with van der Waals surface area (Å²) in [6.45, 7) is -0.682.